The van der Waals surface area contributed by atoms with E-state index >= 15 is 0 Å². The zero-order chi connectivity index (χ0) is 29.6. The molecule has 1 unspecified atom stereocenters. The lowest BCUT2D eigenvalue weighted by molar-refractivity contribution is -0.140. The first-order valence-corrected chi connectivity index (χ1v) is 14.2. The second-order valence-corrected chi connectivity index (χ2v) is 11.3. The van der Waals surface area contributed by atoms with Crippen molar-refractivity contribution in [2.24, 2.45) is 5.92 Å². The van der Waals surface area contributed by atoms with Crippen LogP contribution in [0.4, 0.5) is 19.0 Å². The van der Waals surface area contributed by atoms with E-state index in [4.69, 9.17) is 16.3 Å². The van der Waals surface area contributed by atoms with E-state index in [2.05, 4.69) is 0 Å². The molecule has 3 aromatic carbocycles. The van der Waals surface area contributed by atoms with Crippen molar-refractivity contribution in [3.63, 3.8) is 0 Å². The molecule has 6 rings (SSSR count). The normalized spacial score (nSPS) is 17.5. The van der Waals surface area contributed by atoms with Gasteiger partial charge in [0.1, 0.15) is 10.8 Å². The zero-order valence-corrected chi connectivity index (χ0v) is 23.3. The molecule has 1 aromatic heterocycles. The number of carboxylic acids is 1. The Morgan fingerprint density at radius 2 is 1.74 bits per heavy atom. The van der Waals surface area contributed by atoms with Crippen LogP contribution in [0.15, 0.2) is 71.5 Å². The van der Waals surface area contributed by atoms with E-state index in [0.29, 0.717) is 30.9 Å². The maximum Gasteiger partial charge on any atom is 0.416 e. The first-order chi connectivity index (χ1) is 20.1. The minimum absolute atomic E-state index is 0.00193. The van der Waals surface area contributed by atoms with Gasteiger partial charge in [-0.25, -0.2) is 4.79 Å². The van der Waals surface area contributed by atoms with Crippen molar-refractivity contribution in [2.75, 3.05) is 31.2 Å². The van der Waals surface area contributed by atoms with Gasteiger partial charge in [-0.1, -0.05) is 66.2 Å². The van der Waals surface area contributed by atoms with Crippen LogP contribution in [-0.2, 0) is 22.1 Å². The van der Waals surface area contributed by atoms with Crippen LogP contribution in [0.2, 0.25) is 5.02 Å². The molecule has 0 spiro atoms. The number of aromatic nitrogens is 1. The van der Waals surface area contributed by atoms with E-state index in [0.717, 1.165) is 45.9 Å². The zero-order valence-electron chi connectivity index (χ0n) is 22.5. The van der Waals surface area contributed by atoms with Crippen LogP contribution in [0.25, 0.3) is 21.9 Å². The average molecular weight is 597 g/mol. The summed E-state index contributed by atoms with van der Waals surface area (Å²) in [4.78, 5) is 28.1. The number of pyridine rings is 1. The van der Waals surface area contributed by atoms with E-state index < -0.39 is 29.3 Å². The van der Waals surface area contributed by atoms with Gasteiger partial charge in [0.15, 0.2) is 6.04 Å². The fraction of sp³-hybridized carbons (Fsp3) is 0.312. The number of fused-ring (bicyclic) bond motifs is 2. The number of anilines is 1. The van der Waals surface area contributed by atoms with Gasteiger partial charge in [-0.05, 0) is 58.4 Å². The predicted octanol–water partition coefficient (Wildman–Crippen LogP) is 6.80. The lowest BCUT2D eigenvalue weighted by atomic mass is 9.91. The maximum absolute atomic E-state index is 13.9. The van der Waals surface area contributed by atoms with Crippen LogP contribution in [0.5, 0.6) is 0 Å². The third kappa shape index (κ3) is 5.16. The number of rotatable bonds is 6. The van der Waals surface area contributed by atoms with E-state index in [-0.39, 0.29) is 35.3 Å². The van der Waals surface area contributed by atoms with Gasteiger partial charge in [0, 0.05) is 31.7 Å². The number of alkyl halides is 3. The van der Waals surface area contributed by atoms with Crippen molar-refractivity contribution in [3.8, 4) is 11.1 Å². The second kappa shape index (κ2) is 11.1. The summed E-state index contributed by atoms with van der Waals surface area (Å²) < 4.78 is 48.3. The highest BCUT2D eigenvalue weighted by Crippen LogP contribution is 2.44. The molecule has 1 N–H and O–H groups in total. The van der Waals surface area contributed by atoms with Crippen LogP contribution < -0.4 is 10.5 Å². The Bertz CT molecular complexity index is 1720. The Morgan fingerprint density at radius 3 is 2.48 bits per heavy atom. The molecule has 1 atom stereocenters. The van der Waals surface area contributed by atoms with Gasteiger partial charge in [-0.2, -0.15) is 13.2 Å². The van der Waals surface area contributed by atoms with Crippen molar-refractivity contribution < 1.29 is 27.8 Å². The number of halogens is 4. The summed E-state index contributed by atoms with van der Waals surface area (Å²) in [6, 6.07) is 17.1. The Balaban J connectivity index is 1.62. The SMILES string of the molecule is O=C(O)C1CN(CC2CCOCC2)c2c(-c3cccc(C(F)(F)F)c3)c(Cc3cccc4ccccc34)c(Cl)c(=O)n21. The molecule has 0 bridgehead atoms. The summed E-state index contributed by atoms with van der Waals surface area (Å²) in [5.74, 6) is -0.750. The van der Waals surface area contributed by atoms with Crippen LogP contribution in [0.1, 0.15) is 35.6 Å². The van der Waals surface area contributed by atoms with Gasteiger partial charge >= 0.3 is 12.1 Å². The highest BCUT2D eigenvalue weighted by molar-refractivity contribution is 6.32. The molecule has 3 heterocycles. The number of nitrogens with zero attached hydrogens (tertiary/aromatic N) is 2. The molecule has 0 aliphatic carbocycles. The summed E-state index contributed by atoms with van der Waals surface area (Å²) in [6.45, 7) is 1.58. The van der Waals surface area contributed by atoms with Gasteiger partial charge < -0.3 is 14.7 Å². The Morgan fingerprint density at radius 1 is 1.02 bits per heavy atom. The van der Waals surface area contributed by atoms with E-state index in [9.17, 15) is 27.9 Å². The van der Waals surface area contributed by atoms with Crippen molar-refractivity contribution in [1.82, 2.24) is 4.57 Å². The number of hydrogen-bond donors (Lipinski definition) is 1. The van der Waals surface area contributed by atoms with E-state index in [1.165, 1.54) is 6.07 Å². The third-order valence-electron chi connectivity index (χ3n) is 8.26. The molecule has 1 saturated heterocycles. The number of ether oxygens (including phenoxy) is 1. The summed E-state index contributed by atoms with van der Waals surface area (Å²) in [5, 5.41) is 11.8. The maximum atomic E-state index is 13.9. The van der Waals surface area contributed by atoms with Crippen LogP contribution in [0, 0.1) is 5.92 Å². The predicted molar refractivity (Wildman–Crippen MR) is 155 cm³/mol. The van der Waals surface area contributed by atoms with Crippen LogP contribution in [0.3, 0.4) is 0 Å². The molecule has 0 radical (unpaired) electrons. The molecule has 4 aromatic rings. The molecule has 6 nitrogen and oxygen atoms in total. The summed E-state index contributed by atoms with van der Waals surface area (Å²) in [7, 11) is 0. The number of benzene rings is 3. The van der Waals surface area contributed by atoms with Crippen molar-refractivity contribution in [2.45, 2.75) is 31.5 Å². The lowest BCUT2D eigenvalue weighted by Crippen LogP contribution is -2.33. The lowest BCUT2D eigenvalue weighted by Gasteiger charge is -2.30. The summed E-state index contributed by atoms with van der Waals surface area (Å²) in [5.41, 5.74) is 0.256. The molecule has 42 heavy (non-hydrogen) atoms. The molecular weight excluding hydrogens is 569 g/mol. The van der Waals surface area contributed by atoms with Crippen molar-refractivity contribution in [1.29, 1.82) is 0 Å². The topological polar surface area (TPSA) is 71.8 Å². The summed E-state index contributed by atoms with van der Waals surface area (Å²) >= 11 is 6.79. The molecule has 218 valence electrons. The molecule has 1 fully saturated rings. The molecule has 0 amide bonds. The smallest absolute Gasteiger partial charge is 0.416 e. The Kier molecular flexibility index (Phi) is 7.49. The number of aliphatic carboxylic acids is 1. The van der Waals surface area contributed by atoms with Crippen LogP contribution in [-0.4, -0.2) is 41.9 Å². The highest BCUT2D eigenvalue weighted by Gasteiger charge is 2.40. The first kappa shape index (κ1) is 28.3. The fourth-order valence-corrected chi connectivity index (χ4v) is 6.47. The molecule has 2 aliphatic rings. The largest absolute Gasteiger partial charge is 0.480 e. The van der Waals surface area contributed by atoms with Gasteiger partial charge in [0.2, 0.25) is 0 Å². The number of carbonyl (C=O) groups is 1. The van der Waals surface area contributed by atoms with E-state index in [1.54, 1.807) is 6.07 Å². The second-order valence-electron chi connectivity index (χ2n) is 10.9. The minimum atomic E-state index is -4.60. The Labute approximate surface area is 244 Å². The monoisotopic (exact) mass is 596 g/mol. The first-order valence-electron chi connectivity index (χ1n) is 13.8. The van der Waals surface area contributed by atoms with Crippen molar-refractivity contribution >= 4 is 34.2 Å². The number of carboxylic acid groups (broad SMARTS) is 1. The van der Waals surface area contributed by atoms with Gasteiger partial charge in [-0.3, -0.25) is 9.36 Å². The van der Waals surface area contributed by atoms with Gasteiger partial charge in [0.05, 0.1) is 12.1 Å². The molecule has 0 saturated carbocycles. The molecule has 2 aliphatic heterocycles. The van der Waals surface area contributed by atoms with Gasteiger partial charge in [0.25, 0.3) is 5.56 Å². The minimum Gasteiger partial charge on any atom is -0.480 e. The fourth-order valence-electron chi connectivity index (χ4n) is 6.22. The van der Waals surface area contributed by atoms with Crippen molar-refractivity contribution in [3.05, 3.63) is 98.8 Å². The summed E-state index contributed by atoms with van der Waals surface area (Å²) in [6.07, 6.45) is -2.92. The quantitative estimate of drug-likeness (QED) is 0.265. The third-order valence-corrected chi connectivity index (χ3v) is 8.65. The highest BCUT2D eigenvalue weighted by atomic mass is 35.5. The average Bonchev–Trinajstić information content (AvgIpc) is 3.35. The van der Waals surface area contributed by atoms with Crippen LogP contribution >= 0.6 is 11.6 Å². The number of hydrogen-bond acceptors (Lipinski definition) is 4. The van der Waals surface area contributed by atoms with E-state index in [1.807, 2.05) is 47.4 Å². The Hall–Kier alpha value is -3.82. The molecule has 10 heteroatoms. The standard InChI is InChI=1S/C32H28ClF3N2O4/c33-28-25(16-21-7-3-6-20-5-1-2-10-24(20)21)27(22-8-4-9-23(15-22)32(34,35)36)29-37(17-19-11-13-42-14-12-19)18-26(31(40)41)38(29)30(28)39/h1-10,15,19,26H,11-14,16-18H2,(H,40,41). The van der Waals surface area contributed by atoms with Gasteiger partial charge in [-0.15, -0.1) is 0 Å². The molecular formula is C32H28ClF3N2O4.